The van der Waals surface area contributed by atoms with E-state index in [4.69, 9.17) is 0 Å². The van der Waals surface area contributed by atoms with E-state index in [-0.39, 0.29) is 0 Å². The van der Waals surface area contributed by atoms with E-state index < -0.39 is 11.9 Å². The second-order valence-electron chi connectivity index (χ2n) is 2.81. The van der Waals surface area contributed by atoms with E-state index in [1.54, 1.807) is 19.1 Å². The van der Waals surface area contributed by atoms with Crippen LogP contribution in [0.5, 0.6) is 0 Å². The van der Waals surface area contributed by atoms with Gasteiger partial charge in [0.25, 0.3) is 0 Å². The third kappa shape index (κ3) is 5.30. The van der Waals surface area contributed by atoms with Crippen molar-refractivity contribution >= 4 is 11.9 Å². The molecular formula is C11H16O3. The third-order valence-electron chi connectivity index (χ3n) is 1.52. The van der Waals surface area contributed by atoms with Gasteiger partial charge in [-0.05, 0) is 19.8 Å². The van der Waals surface area contributed by atoms with Crippen LogP contribution in [0, 0.1) is 0 Å². The van der Waals surface area contributed by atoms with Crippen LogP contribution in [-0.2, 0) is 14.3 Å². The minimum atomic E-state index is -0.610. The Morgan fingerprint density at radius 2 is 1.86 bits per heavy atom. The fourth-order valence-electron chi connectivity index (χ4n) is 0.809. The highest BCUT2D eigenvalue weighted by Gasteiger charge is 2.08. The maximum absolute atomic E-state index is 11.2. The van der Waals surface area contributed by atoms with Gasteiger partial charge in [-0.3, -0.25) is 0 Å². The van der Waals surface area contributed by atoms with E-state index in [9.17, 15) is 9.59 Å². The largest absolute Gasteiger partial charge is 0.386 e. The number of allylic oxidation sites excluding steroid dienone is 2. The number of ether oxygens (including phenoxy) is 1. The van der Waals surface area contributed by atoms with Gasteiger partial charge in [-0.25, -0.2) is 9.59 Å². The first kappa shape index (κ1) is 12.6. The molecule has 3 nitrogen and oxygen atoms in total. The Balaban J connectivity index is 4.13. The Hall–Kier alpha value is -1.38. The summed E-state index contributed by atoms with van der Waals surface area (Å²) in [6, 6.07) is 0. The summed E-state index contributed by atoms with van der Waals surface area (Å²) in [5.41, 5.74) is 0.464. The number of carbonyl (C=O) groups is 2. The Morgan fingerprint density at radius 3 is 2.36 bits per heavy atom. The molecule has 0 N–H and O–H groups in total. The molecule has 0 aliphatic heterocycles. The van der Waals surface area contributed by atoms with Crippen molar-refractivity contribution in [3.05, 3.63) is 23.8 Å². The number of hydrogen-bond donors (Lipinski definition) is 0. The molecule has 0 saturated heterocycles. The summed E-state index contributed by atoms with van der Waals surface area (Å²) in [4.78, 5) is 22.1. The fraction of sp³-hybridized carbons (Fsp3) is 0.455. The summed E-state index contributed by atoms with van der Waals surface area (Å²) in [5, 5.41) is 0. The molecule has 0 amide bonds. The molecule has 0 aromatic heterocycles. The first-order chi connectivity index (χ1) is 6.61. The lowest BCUT2D eigenvalue weighted by molar-refractivity contribution is -0.153. The molecular weight excluding hydrogens is 180 g/mol. The molecule has 0 heterocycles. The Morgan fingerprint density at radius 1 is 1.21 bits per heavy atom. The highest BCUT2D eigenvalue weighted by atomic mass is 16.6. The van der Waals surface area contributed by atoms with Crippen molar-refractivity contribution in [3.63, 3.8) is 0 Å². The van der Waals surface area contributed by atoms with Crippen LogP contribution in [0.25, 0.3) is 0 Å². The van der Waals surface area contributed by atoms with Crippen LogP contribution in [0.15, 0.2) is 23.8 Å². The SMILES string of the molecule is CCC=CC(=O)OC(=O)C(C)=CCC. The van der Waals surface area contributed by atoms with E-state index in [1.165, 1.54) is 6.08 Å². The zero-order valence-electron chi connectivity index (χ0n) is 8.87. The first-order valence-electron chi connectivity index (χ1n) is 4.71. The number of carbonyl (C=O) groups excluding carboxylic acids is 2. The van der Waals surface area contributed by atoms with Gasteiger partial charge < -0.3 is 4.74 Å². The van der Waals surface area contributed by atoms with Crippen molar-refractivity contribution in [2.75, 3.05) is 0 Å². The van der Waals surface area contributed by atoms with Gasteiger partial charge in [0.2, 0.25) is 0 Å². The molecule has 0 rings (SSSR count). The third-order valence-corrected chi connectivity index (χ3v) is 1.52. The Kier molecular flexibility index (Phi) is 6.37. The zero-order valence-corrected chi connectivity index (χ0v) is 8.87. The predicted octanol–water partition coefficient (Wildman–Crippen LogP) is 2.38. The summed E-state index contributed by atoms with van der Waals surface area (Å²) >= 11 is 0. The van der Waals surface area contributed by atoms with E-state index in [0.717, 1.165) is 12.8 Å². The molecule has 0 aliphatic rings. The van der Waals surface area contributed by atoms with Crippen LogP contribution in [-0.4, -0.2) is 11.9 Å². The lowest BCUT2D eigenvalue weighted by Gasteiger charge is -1.98. The quantitative estimate of drug-likeness (QED) is 0.394. The summed E-state index contributed by atoms with van der Waals surface area (Å²) in [6.45, 7) is 5.44. The van der Waals surface area contributed by atoms with Gasteiger partial charge in [-0.1, -0.05) is 26.0 Å². The normalized spacial score (nSPS) is 11.8. The molecule has 0 aliphatic carbocycles. The van der Waals surface area contributed by atoms with Crippen LogP contribution in [0.3, 0.4) is 0 Å². The zero-order chi connectivity index (χ0) is 11.0. The van der Waals surface area contributed by atoms with Crippen molar-refractivity contribution in [3.8, 4) is 0 Å². The summed E-state index contributed by atoms with van der Waals surface area (Å²) in [6.07, 6.45) is 6.12. The van der Waals surface area contributed by atoms with Crippen LogP contribution < -0.4 is 0 Å². The van der Waals surface area contributed by atoms with Gasteiger partial charge in [0.05, 0.1) is 0 Å². The summed E-state index contributed by atoms with van der Waals surface area (Å²) in [5.74, 6) is -1.18. The summed E-state index contributed by atoms with van der Waals surface area (Å²) in [7, 11) is 0. The van der Waals surface area contributed by atoms with Gasteiger partial charge in [0.1, 0.15) is 0 Å². The monoisotopic (exact) mass is 196 g/mol. The molecule has 0 saturated carbocycles. The number of esters is 2. The van der Waals surface area contributed by atoms with Crippen LogP contribution in [0.4, 0.5) is 0 Å². The van der Waals surface area contributed by atoms with E-state index in [1.807, 2.05) is 13.8 Å². The minimum Gasteiger partial charge on any atom is -0.386 e. The predicted molar refractivity (Wildman–Crippen MR) is 54.6 cm³/mol. The van der Waals surface area contributed by atoms with E-state index >= 15 is 0 Å². The average molecular weight is 196 g/mol. The molecule has 3 heteroatoms. The second kappa shape index (κ2) is 7.06. The molecule has 0 atom stereocenters. The van der Waals surface area contributed by atoms with Crippen molar-refractivity contribution in [1.82, 2.24) is 0 Å². The van der Waals surface area contributed by atoms with Crippen molar-refractivity contribution in [2.24, 2.45) is 0 Å². The van der Waals surface area contributed by atoms with Crippen molar-refractivity contribution in [2.45, 2.75) is 33.6 Å². The fourth-order valence-corrected chi connectivity index (χ4v) is 0.809. The lowest BCUT2D eigenvalue weighted by atomic mass is 10.2. The molecule has 14 heavy (non-hydrogen) atoms. The molecule has 0 radical (unpaired) electrons. The van der Waals surface area contributed by atoms with Crippen LogP contribution >= 0.6 is 0 Å². The van der Waals surface area contributed by atoms with Crippen molar-refractivity contribution < 1.29 is 14.3 Å². The lowest BCUT2D eigenvalue weighted by Crippen LogP contribution is -2.10. The highest BCUT2D eigenvalue weighted by molar-refractivity contribution is 5.99. The smallest absolute Gasteiger partial charge is 0.341 e. The maximum Gasteiger partial charge on any atom is 0.341 e. The van der Waals surface area contributed by atoms with Crippen LogP contribution in [0.1, 0.15) is 33.6 Å². The molecule has 0 aromatic carbocycles. The molecule has 0 bridgehead atoms. The number of rotatable bonds is 4. The van der Waals surface area contributed by atoms with Crippen molar-refractivity contribution in [1.29, 1.82) is 0 Å². The Labute approximate surface area is 84.4 Å². The Bertz CT molecular complexity index is 262. The van der Waals surface area contributed by atoms with Crippen LogP contribution in [0.2, 0.25) is 0 Å². The number of hydrogen-bond acceptors (Lipinski definition) is 3. The second-order valence-corrected chi connectivity index (χ2v) is 2.81. The summed E-state index contributed by atoms with van der Waals surface area (Å²) < 4.78 is 4.53. The standard InChI is InChI=1S/C11H16O3/c1-4-6-8-10(12)14-11(13)9(3)7-5-2/h6-8H,4-5H2,1-3H3. The maximum atomic E-state index is 11.2. The van der Waals surface area contributed by atoms with Gasteiger partial charge in [-0.15, -0.1) is 0 Å². The van der Waals surface area contributed by atoms with E-state index in [2.05, 4.69) is 4.74 Å². The van der Waals surface area contributed by atoms with E-state index in [0.29, 0.717) is 5.57 Å². The molecule has 0 spiro atoms. The molecule has 78 valence electrons. The first-order valence-corrected chi connectivity index (χ1v) is 4.71. The topological polar surface area (TPSA) is 43.4 Å². The minimum absolute atomic E-state index is 0.464. The van der Waals surface area contributed by atoms with Gasteiger partial charge >= 0.3 is 11.9 Å². The molecule has 0 aromatic rings. The molecule has 0 fully saturated rings. The molecule has 0 unspecified atom stereocenters. The average Bonchev–Trinajstić information content (AvgIpc) is 2.15. The highest BCUT2D eigenvalue weighted by Crippen LogP contribution is 1.99. The van der Waals surface area contributed by atoms with Gasteiger partial charge in [0, 0.05) is 11.6 Å². The van der Waals surface area contributed by atoms with Gasteiger partial charge in [-0.2, -0.15) is 0 Å². The van der Waals surface area contributed by atoms with Gasteiger partial charge in [0.15, 0.2) is 0 Å².